The molecule has 166 valence electrons. The van der Waals surface area contributed by atoms with Crippen molar-refractivity contribution in [3.8, 4) is 11.5 Å². The van der Waals surface area contributed by atoms with Crippen LogP contribution in [0.2, 0.25) is 0 Å². The number of ether oxygens (including phenoxy) is 2. The molecule has 0 aliphatic heterocycles. The predicted molar refractivity (Wildman–Crippen MR) is 108 cm³/mol. The topological polar surface area (TPSA) is 96.7 Å². The van der Waals surface area contributed by atoms with Crippen molar-refractivity contribution in [2.45, 2.75) is 19.9 Å². The number of hydrogen-bond acceptors (Lipinski definition) is 7. The molecule has 1 aromatic heterocycles. The number of benzene rings is 2. The SMILES string of the molecule is Cc1nc(NCc2cccc(C(F)F)c2F)c2cc(O)c(OCCOCCO)cc2n1. The molecule has 10 heteroatoms. The van der Waals surface area contributed by atoms with Gasteiger partial charge in [-0.1, -0.05) is 18.2 Å². The second kappa shape index (κ2) is 10.3. The Kier molecular flexibility index (Phi) is 7.48. The molecule has 7 nitrogen and oxygen atoms in total. The first-order valence-electron chi connectivity index (χ1n) is 9.52. The smallest absolute Gasteiger partial charge is 0.266 e. The summed E-state index contributed by atoms with van der Waals surface area (Å²) in [5.41, 5.74) is -0.124. The van der Waals surface area contributed by atoms with Crippen LogP contribution in [0.25, 0.3) is 10.9 Å². The van der Waals surface area contributed by atoms with Crippen LogP contribution in [0.1, 0.15) is 23.4 Å². The molecule has 0 saturated heterocycles. The average molecular weight is 437 g/mol. The highest BCUT2D eigenvalue weighted by atomic mass is 19.3. The number of nitrogens with one attached hydrogen (secondary N) is 1. The fourth-order valence-corrected chi connectivity index (χ4v) is 2.97. The first-order valence-corrected chi connectivity index (χ1v) is 9.52. The van der Waals surface area contributed by atoms with E-state index in [4.69, 9.17) is 14.6 Å². The van der Waals surface area contributed by atoms with Crippen molar-refractivity contribution >= 4 is 16.7 Å². The molecule has 3 aromatic rings. The Morgan fingerprint density at radius 2 is 1.94 bits per heavy atom. The fourth-order valence-electron chi connectivity index (χ4n) is 2.97. The van der Waals surface area contributed by atoms with E-state index in [2.05, 4.69) is 15.3 Å². The van der Waals surface area contributed by atoms with E-state index in [-0.39, 0.29) is 50.0 Å². The number of aliphatic hydroxyl groups is 1. The molecule has 2 aromatic carbocycles. The molecule has 0 radical (unpaired) electrons. The third-order valence-electron chi connectivity index (χ3n) is 4.40. The molecule has 0 amide bonds. The van der Waals surface area contributed by atoms with Crippen LogP contribution in [-0.2, 0) is 11.3 Å². The maximum absolute atomic E-state index is 14.3. The number of phenols is 1. The number of aromatic nitrogens is 2. The molecule has 0 atom stereocenters. The van der Waals surface area contributed by atoms with Crippen molar-refractivity contribution in [1.29, 1.82) is 0 Å². The number of rotatable bonds is 10. The zero-order valence-electron chi connectivity index (χ0n) is 16.7. The Hall–Kier alpha value is -3.11. The van der Waals surface area contributed by atoms with E-state index in [1.54, 1.807) is 6.92 Å². The van der Waals surface area contributed by atoms with Crippen molar-refractivity contribution in [3.05, 3.63) is 53.1 Å². The summed E-state index contributed by atoms with van der Waals surface area (Å²) in [6.07, 6.45) is -2.91. The van der Waals surface area contributed by atoms with Gasteiger partial charge in [-0.3, -0.25) is 0 Å². The molecule has 0 saturated carbocycles. The molecule has 0 bridgehead atoms. The lowest BCUT2D eigenvalue weighted by Crippen LogP contribution is -2.09. The number of aromatic hydroxyl groups is 1. The second-order valence-electron chi connectivity index (χ2n) is 6.62. The van der Waals surface area contributed by atoms with Crippen LogP contribution < -0.4 is 10.1 Å². The molecule has 31 heavy (non-hydrogen) atoms. The van der Waals surface area contributed by atoms with Crippen LogP contribution in [0.4, 0.5) is 19.0 Å². The first-order chi connectivity index (χ1) is 14.9. The summed E-state index contributed by atoms with van der Waals surface area (Å²) in [4.78, 5) is 8.61. The van der Waals surface area contributed by atoms with E-state index in [9.17, 15) is 18.3 Å². The number of hydrogen-bond donors (Lipinski definition) is 3. The van der Waals surface area contributed by atoms with E-state index < -0.39 is 17.8 Å². The molecule has 3 N–H and O–H groups in total. The minimum Gasteiger partial charge on any atom is -0.504 e. The standard InChI is InChI=1S/C21H22F3N3O4/c1-12-26-16-10-18(31-8-7-30-6-5-28)17(29)9-15(16)21(27-12)25-11-13-3-2-4-14(19(13)22)20(23)24/h2-4,9-10,20,28-29H,5-8,11H2,1H3,(H,25,26,27). The third-order valence-corrected chi connectivity index (χ3v) is 4.40. The van der Waals surface area contributed by atoms with Gasteiger partial charge in [0.05, 0.1) is 30.9 Å². The van der Waals surface area contributed by atoms with Crippen molar-refractivity contribution in [2.24, 2.45) is 0 Å². The molecular formula is C21H22F3N3O4. The lowest BCUT2D eigenvalue weighted by atomic mass is 10.1. The van der Waals surface area contributed by atoms with Gasteiger partial charge in [-0.05, 0) is 13.0 Å². The largest absolute Gasteiger partial charge is 0.504 e. The van der Waals surface area contributed by atoms with Crippen LogP contribution in [0, 0.1) is 12.7 Å². The summed E-state index contributed by atoms with van der Waals surface area (Å²) in [6, 6.07) is 6.76. The van der Waals surface area contributed by atoms with Gasteiger partial charge >= 0.3 is 0 Å². The quantitative estimate of drug-likeness (QED) is 0.416. The van der Waals surface area contributed by atoms with Crippen molar-refractivity contribution in [2.75, 3.05) is 31.7 Å². The lowest BCUT2D eigenvalue weighted by molar-refractivity contribution is 0.0699. The maximum atomic E-state index is 14.3. The summed E-state index contributed by atoms with van der Waals surface area (Å²) in [5, 5.41) is 22.4. The summed E-state index contributed by atoms with van der Waals surface area (Å²) < 4.78 is 50.7. The number of aliphatic hydroxyl groups excluding tert-OH is 1. The van der Waals surface area contributed by atoms with E-state index in [0.29, 0.717) is 22.5 Å². The Balaban J connectivity index is 1.81. The number of phenolic OH excluding ortho intramolecular Hbond substituents is 1. The van der Waals surface area contributed by atoms with E-state index in [1.807, 2.05) is 0 Å². The number of aryl methyl sites for hydroxylation is 1. The number of halogens is 3. The number of nitrogens with zero attached hydrogens (tertiary/aromatic N) is 2. The van der Waals surface area contributed by atoms with Crippen LogP contribution in [-0.4, -0.2) is 46.6 Å². The van der Waals surface area contributed by atoms with Crippen molar-refractivity contribution < 1.29 is 32.9 Å². The number of alkyl halides is 2. The molecule has 3 rings (SSSR count). The van der Waals surface area contributed by atoms with Gasteiger partial charge in [0.1, 0.15) is 24.1 Å². The molecule has 0 aliphatic rings. The molecule has 1 heterocycles. The minimum absolute atomic E-state index is 0.0641. The van der Waals surface area contributed by atoms with Crippen molar-refractivity contribution in [1.82, 2.24) is 9.97 Å². The minimum atomic E-state index is -2.91. The lowest BCUT2D eigenvalue weighted by Gasteiger charge is -2.14. The zero-order valence-corrected chi connectivity index (χ0v) is 16.7. The maximum Gasteiger partial charge on any atom is 0.266 e. The number of fused-ring (bicyclic) bond motifs is 1. The van der Waals surface area contributed by atoms with Gasteiger partial charge in [0.25, 0.3) is 6.43 Å². The predicted octanol–water partition coefficient (Wildman–Crippen LogP) is 3.72. The van der Waals surface area contributed by atoms with Gasteiger partial charge in [-0.15, -0.1) is 0 Å². The molecule has 0 aliphatic carbocycles. The summed E-state index contributed by atoms with van der Waals surface area (Å²) in [5.74, 6) is -0.199. The fraction of sp³-hybridized carbons (Fsp3) is 0.333. The summed E-state index contributed by atoms with van der Waals surface area (Å²) >= 11 is 0. The third kappa shape index (κ3) is 5.53. The van der Waals surface area contributed by atoms with Gasteiger partial charge < -0.3 is 25.0 Å². The van der Waals surface area contributed by atoms with E-state index in [1.165, 1.54) is 24.3 Å². The second-order valence-corrected chi connectivity index (χ2v) is 6.62. The van der Waals surface area contributed by atoms with Gasteiger partial charge in [0.2, 0.25) is 0 Å². The van der Waals surface area contributed by atoms with Gasteiger partial charge in [-0.25, -0.2) is 23.1 Å². The van der Waals surface area contributed by atoms with E-state index in [0.717, 1.165) is 6.07 Å². The molecular weight excluding hydrogens is 415 g/mol. The van der Waals surface area contributed by atoms with Crippen molar-refractivity contribution in [3.63, 3.8) is 0 Å². The Labute approximate surface area is 176 Å². The average Bonchev–Trinajstić information content (AvgIpc) is 2.73. The zero-order chi connectivity index (χ0) is 22.4. The summed E-state index contributed by atoms with van der Waals surface area (Å²) in [7, 11) is 0. The Bertz CT molecular complexity index is 1050. The normalized spacial score (nSPS) is 11.3. The van der Waals surface area contributed by atoms with Gasteiger partial charge in [-0.2, -0.15) is 0 Å². The van der Waals surface area contributed by atoms with Crippen LogP contribution >= 0.6 is 0 Å². The highest BCUT2D eigenvalue weighted by molar-refractivity contribution is 5.91. The molecule has 0 fully saturated rings. The molecule has 0 unspecified atom stereocenters. The van der Waals surface area contributed by atoms with E-state index >= 15 is 0 Å². The highest BCUT2D eigenvalue weighted by Gasteiger charge is 2.17. The van der Waals surface area contributed by atoms with Gasteiger partial charge in [0.15, 0.2) is 11.5 Å². The summed E-state index contributed by atoms with van der Waals surface area (Å²) in [6.45, 7) is 2.07. The first kappa shape index (κ1) is 22.6. The molecule has 0 spiro atoms. The Morgan fingerprint density at radius 3 is 2.68 bits per heavy atom. The number of anilines is 1. The monoisotopic (exact) mass is 437 g/mol. The van der Waals surface area contributed by atoms with Crippen LogP contribution in [0.15, 0.2) is 30.3 Å². The highest BCUT2D eigenvalue weighted by Crippen LogP contribution is 2.34. The Morgan fingerprint density at radius 1 is 1.13 bits per heavy atom. The van der Waals surface area contributed by atoms with Gasteiger partial charge in [0, 0.05) is 23.6 Å². The van der Waals surface area contributed by atoms with Crippen LogP contribution in [0.5, 0.6) is 11.5 Å². The van der Waals surface area contributed by atoms with Crippen LogP contribution in [0.3, 0.4) is 0 Å².